The summed E-state index contributed by atoms with van der Waals surface area (Å²) in [6.07, 6.45) is 0. The number of nitrogens with one attached hydrogen (secondary N) is 1. The van der Waals surface area contributed by atoms with Gasteiger partial charge in [-0.1, -0.05) is 15.9 Å². The van der Waals surface area contributed by atoms with Gasteiger partial charge in [-0.25, -0.2) is 8.42 Å². The third-order valence-corrected chi connectivity index (χ3v) is 7.79. The molecule has 0 amide bonds. The van der Waals surface area contributed by atoms with Crippen molar-refractivity contribution in [3.8, 4) is 0 Å². The van der Waals surface area contributed by atoms with E-state index in [2.05, 4.69) is 36.6 Å². The Morgan fingerprint density at radius 2 is 1.76 bits per heavy atom. The van der Waals surface area contributed by atoms with Crippen molar-refractivity contribution in [2.75, 3.05) is 4.72 Å². The largest absolute Gasteiger partial charge is 0.326 e. The van der Waals surface area contributed by atoms with Crippen molar-refractivity contribution in [3.63, 3.8) is 0 Å². The molecule has 0 saturated carbocycles. The first kappa shape index (κ1) is 17.0. The third-order valence-electron chi connectivity index (χ3n) is 2.89. The smallest absolute Gasteiger partial charge is 0.263 e. The summed E-state index contributed by atoms with van der Waals surface area (Å²) in [5, 5.41) is 0. The number of hydrogen-bond donors (Lipinski definition) is 2. The van der Waals surface area contributed by atoms with Gasteiger partial charge in [-0.2, -0.15) is 0 Å². The molecule has 8 heteroatoms. The Hall–Kier alpha value is -0.410. The number of anilines is 1. The molecule has 1 heterocycles. The molecule has 3 N–H and O–H groups in total. The number of benzene rings is 1. The van der Waals surface area contributed by atoms with Crippen molar-refractivity contribution < 1.29 is 8.42 Å². The van der Waals surface area contributed by atoms with Crippen LogP contribution in [0.15, 0.2) is 31.4 Å². The number of aryl methyl sites for hydroxylation is 2. The van der Waals surface area contributed by atoms with E-state index in [-0.39, 0.29) is 4.90 Å². The number of sulfonamides is 1. The molecule has 0 radical (unpaired) electrons. The van der Waals surface area contributed by atoms with Crippen LogP contribution in [0.3, 0.4) is 0 Å². The summed E-state index contributed by atoms with van der Waals surface area (Å²) in [6, 6.07) is 5.17. The number of rotatable bonds is 4. The summed E-state index contributed by atoms with van der Waals surface area (Å²) >= 11 is 8.07. The maximum atomic E-state index is 12.5. The van der Waals surface area contributed by atoms with Gasteiger partial charge in [0.2, 0.25) is 0 Å². The molecule has 0 aliphatic heterocycles. The van der Waals surface area contributed by atoms with Crippen molar-refractivity contribution in [2.24, 2.45) is 5.73 Å². The molecule has 0 spiro atoms. The van der Waals surface area contributed by atoms with Crippen molar-refractivity contribution in [1.82, 2.24) is 0 Å². The molecule has 1 aromatic carbocycles. The van der Waals surface area contributed by atoms with Gasteiger partial charge in [-0.05, 0) is 59.1 Å². The van der Waals surface area contributed by atoms with E-state index in [1.807, 2.05) is 13.8 Å². The first-order valence-corrected chi connectivity index (χ1v) is 9.91. The molecular weight excluding hydrogens is 440 g/mol. The molecule has 21 heavy (non-hydrogen) atoms. The van der Waals surface area contributed by atoms with Gasteiger partial charge in [0, 0.05) is 21.6 Å². The average molecular weight is 454 g/mol. The Balaban J connectivity index is 2.39. The third kappa shape index (κ3) is 3.68. The standard InChI is InChI=1S/C13H14Br2N2O2S2/c1-7-3-9(4-8(2)12(7)14)17-21(18,19)11-5-10(6-16)20-13(11)15/h3-5,17H,6,16H2,1-2H3. The quantitative estimate of drug-likeness (QED) is 0.730. The highest BCUT2D eigenvalue weighted by Gasteiger charge is 2.21. The molecule has 2 rings (SSSR count). The Bertz CT molecular complexity index is 762. The van der Waals surface area contributed by atoms with Gasteiger partial charge in [0.1, 0.15) is 4.90 Å². The summed E-state index contributed by atoms with van der Waals surface area (Å²) in [4.78, 5) is 1.02. The Morgan fingerprint density at radius 1 is 1.19 bits per heavy atom. The monoisotopic (exact) mass is 452 g/mol. The van der Waals surface area contributed by atoms with E-state index in [0.29, 0.717) is 16.0 Å². The lowest BCUT2D eigenvalue weighted by molar-refractivity contribution is 0.601. The molecule has 2 aromatic rings. The molecule has 0 fully saturated rings. The zero-order valence-electron chi connectivity index (χ0n) is 11.4. The summed E-state index contributed by atoms with van der Waals surface area (Å²) in [5.74, 6) is 0. The molecular formula is C13H14Br2N2O2S2. The average Bonchev–Trinajstić information content (AvgIpc) is 2.77. The number of nitrogens with two attached hydrogens (primary N) is 1. The minimum absolute atomic E-state index is 0.214. The summed E-state index contributed by atoms with van der Waals surface area (Å²) < 4.78 is 29.1. The fourth-order valence-corrected chi connectivity index (χ4v) is 5.73. The molecule has 1 aromatic heterocycles. The number of hydrogen-bond acceptors (Lipinski definition) is 4. The van der Waals surface area contributed by atoms with E-state index >= 15 is 0 Å². The number of thiophene rings is 1. The van der Waals surface area contributed by atoms with Crippen LogP contribution in [0.4, 0.5) is 5.69 Å². The molecule has 0 aliphatic carbocycles. The first-order chi connectivity index (χ1) is 9.74. The minimum Gasteiger partial charge on any atom is -0.326 e. The molecule has 4 nitrogen and oxygen atoms in total. The van der Waals surface area contributed by atoms with Gasteiger partial charge in [-0.15, -0.1) is 11.3 Å². The van der Waals surface area contributed by atoms with Gasteiger partial charge in [0.25, 0.3) is 10.0 Å². The van der Waals surface area contributed by atoms with E-state index in [4.69, 9.17) is 5.73 Å². The molecule has 114 valence electrons. The minimum atomic E-state index is -3.64. The second kappa shape index (κ2) is 6.37. The normalized spacial score (nSPS) is 11.7. The second-order valence-electron chi connectivity index (χ2n) is 4.58. The number of halogens is 2. The highest BCUT2D eigenvalue weighted by molar-refractivity contribution is 9.11. The Kier molecular flexibility index (Phi) is 5.15. The van der Waals surface area contributed by atoms with Gasteiger partial charge in [0.15, 0.2) is 0 Å². The lowest BCUT2D eigenvalue weighted by Crippen LogP contribution is -2.13. The van der Waals surface area contributed by atoms with E-state index < -0.39 is 10.0 Å². The Morgan fingerprint density at radius 3 is 2.24 bits per heavy atom. The Labute approximate surface area is 145 Å². The van der Waals surface area contributed by atoms with Crippen LogP contribution < -0.4 is 10.5 Å². The maximum absolute atomic E-state index is 12.5. The fourth-order valence-electron chi connectivity index (χ4n) is 1.90. The van der Waals surface area contributed by atoms with Gasteiger partial charge >= 0.3 is 0 Å². The van der Waals surface area contributed by atoms with E-state index in [1.165, 1.54) is 11.3 Å². The summed E-state index contributed by atoms with van der Waals surface area (Å²) in [6.45, 7) is 4.15. The van der Waals surface area contributed by atoms with Gasteiger partial charge in [-0.3, -0.25) is 4.72 Å². The van der Waals surface area contributed by atoms with E-state index in [0.717, 1.165) is 20.5 Å². The van der Waals surface area contributed by atoms with Crippen LogP contribution in [0.5, 0.6) is 0 Å². The van der Waals surface area contributed by atoms with Crippen molar-refractivity contribution in [2.45, 2.75) is 25.3 Å². The molecule has 0 unspecified atom stereocenters. The van der Waals surface area contributed by atoms with Crippen LogP contribution in [-0.2, 0) is 16.6 Å². The molecule has 0 saturated heterocycles. The summed E-state index contributed by atoms with van der Waals surface area (Å²) in [7, 11) is -3.64. The van der Waals surface area contributed by atoms with Crippen LogP contribution in [0.25, 0.3) is 0 Å². The zero-order valence-corrected chi connectivity index (χ0v) is 16.2. The van der Waals surface area contributed by atoms with Crippen molar-refractivity contribution in [3.05, 3.63) is 42.5 Å². The summed E-state index contributed by atoms with van der Waals surface area (Å²) in [5.41, 5.74) is 8.04. The molecule has 0 atom stereocenters. The van der Waals surface area contributed by atoms with Crippen LogP contribution in [0.2, 0.25) is 0 Å². The van der Waals surface area contributed by atoms with Crippen molar-refractivity contribution in [1.29, 1.82) is 0 Å². The molecule has 0 bridgehead atoms. The fraction of sp³-hybridized carbons (Fsp3) is 0.231. The second-order valence-corrected chi connectivity index (χ2v) is 9.48. The van der Waals surface area contributed by atoms with Gasteiger partial charge in [0.05, 0.1) is 3.79 Å². The van der Waals surface area contributed by atoms with Crippen LogP contribution in [0, 0.1) is 13.8 Å². The highest BCUT2D eigenvalue weighted by Crippen LogP contribution is 2.33. The topological polar surface area (TPSA) is 72.2 Å². The highest BCUT2D eigenvalue weighted by atomic mass is 79.9. The van der Waals surface area contributed by atoms with E-state index in [1.54, 1.807) is 18.2 Å². The predicted molar refractivity (Wildman–Crippen MR) is 94.3 cm³/mol. The van der Waals surface area contributed by atoms with E-state index in [9.17, 15) is 8.42 Å². The van der Waals surface area contributed by atoms with Crippen LogP contribution >= 0.6 is 43.2 Å². The lowest BCUT2D eigenvalue weighted by atomic mass is 10.1. The van der Waals surface area contributed by atoms with Crippen LogP contribution in [-0.4, -0.2) is 8.42 Å². The van der Waals surface area contributed by atoms with Gasteiger partial charge < -0.3 is 5.73 Å². The predicted octanol–water partition coefficient (Wildman–Crippen LogP) is 4.15. The first-order valence-electron chi connectivity index (χ1n) is 6.02. The maximum Gasteiger partial charge on any atom is 0.263 e. The SMILES string of the molecule is Cc1cc(NS(=O)(=O)c2cc(CN)sc2Br)cc(C)c1Br. The lowest BCUT2D eigenvalue weighted by Gasteiger charge is -2.11. The zero-order chi connectivity index (χ0) is 15.8. The van der Waals surface area contributed by atoms with Crippen molar-refractivity contribution >= 4 is 58.9 Å². The molecule has 0 aliphatic rings. The van der Waals surface area contributed by atoms with Crippen LogP contribution in [0.1, 0.15) is 16.0 Å².